The van der Waals surface area contributed by atoms with E-state index in [9.17, 15) is 18.4 Å². The Morgan fingerprint density at radius 1 is 1.29 bits per heavy atom. The number of carbonyl (C=O) groups is 2. The number of carbonyl (C=O) groups excluding carboxylic acids is 2. The molecule has 0 radical (unpaired) electrons. The Bertz CT molecular complexity index is 717. The van der Waals surface area contributed by atoms with Crippen molar-refractivity contribution in [3.8, 4) is 0 Å². The molecule has 1 aromatic carbocycles. The molecule has 0 unspecified atom stereocenters. The summed E-state index contributed by atoms with van der Waals surface area (Å²) >= 11 is 4.33. The molecular weight excluding hydrogens is 368 g/mol. The molecule has 1 amide bonds. The van der Waals surface area contributed by atoms with Crippen LogP contribution < -0.4 is 5.32 Å². The summed E-state index contributed by atoms with van der Waals surface area (Å²) in [7, 11) is 1.08. The second-order valence-corrected chi connectivity index (χ2v) is 5.63. The van der Waals surface area contributed by atoms with Gasteiger partial charge in [0.15, 0.2) is 0 Å². The number of nitrogens with one attached hydrogen (secondary N) is 1. The van der Waals surface area contributed by atoms with Crippen LogP contribution in [-0.2, 0) is 4.74 Å². The maximum Gasteiger partial charge on any atom is 0.340 e. The topological polar surface area (TPSA) is 55.4 Å². The molecule has 8 heteroatoms. The summed E-state index contributed by atoms with van der Waals surface area (Å²) in [5, 5.41) is 3.97. The van der Waals surface area contributed by atoms with E-state index in [0.717, 1.165) is 24.5 Å². The van der Waals surface area contributed by atoms with Crippen LogP contribution in [0.1, 0.15) is 20.0 Å². The Balaban J connectivity index is 2.34. The van der Waals surface area contributed by atoms with Crippen LogP contribution in [0.3, 0.4) is 0 Å². The number of thiophene rings is 1. The van der Waals surface area contributed by atoms with Crippen LogP contribution in [0, 0.1) is 11.6 Å². The van der Waals surface area contributed by atoms with E-state index in [1.807, 2.05) is 0 Å². The fraction of sp³-hybridized carbons (Fsp3) is 0.0769. The van der Waals surface area contributed by atoms with Crippen LogP contribution in [0.15, 0.2) is 28.1 Å². The van der Waals surface area contributed by atoms with Crippen LogP contribution >= 0.6 is 27.3 Å². The van der Waals surface area contributed by atoms with Gasteiger partial charge in [0.05, 0.1) is 18.4 Å². The Hall–Kier alpha value is -1.80. The lowest BCUT2D eigenvalue weighted by Gasteiger charge is -2.08. The van der Waals surface area contributed by atoms with E-state index in [4.69, 9.17) is 0 Å². The lowest BCUT2D eigenvalue weighted by molar-refractivity contribution is 0.0595. The molecule has 0 bridgehead atoms. The summed E-state index contributed by atoms with van der Waals surface area (Å²) < 4.78 is 32.1. The highest BCUT2D eigenvalue weighted by molar-refractivity contribution is 9.10. The zero-order valence-corrected chi connectivity index (χ0v) is 13.0. The van der Waals surface area contributed by atoms with Gasteiger partial charge in [-0.15, -0.1) is 11.3 Å². The molecule has 0 saturated heterocycles. The Labute approximate surface area is 130 Å². The molecule has 0 aliphatic heterocycles. The predicted octanol–water partition coefficient (Wildman–Crippen LogP) is 3.83. The van der Waals surface area contributed by atoms with Gasteiger partial charge in [-0.05, 0) is 33.4 Å². The number of methoxy groups -OCH3 is 1. The lowest BCUT2D eigenvalue weighted by Crippen LogP contribution is -2.14. The molecule has 1 N–H and O–H groups in total. The van der Waals surface area contributed by atoms with E-state index >= 15 is 0 Å². The maximum atomic E-state index is 13.7. The number of rotatable bonds is 3. The first kappa shape index (κ1) is 15.6. The summed E-state index contributed by atoms with van der Waals surface area (Å²) in [4.78, 5) is 23.7. The minimum Gasteiger partial charge on any atom is -0.465 e. The molecule has 1 aromatic heterocycles. The summed E-state index contributed by atoms with van der Waals surface area (Å²) in [5.41, 5.74) is -0.762. The maximum absolute atomic E-state index is 13.7. The summed E-state index contributed by atoms with van der Waals surface area (Å²) in [6.45, 7) is 0. The van der Waals surface area contributed by atoms with E-state index in [-0.39, 0.29) is 5.69 Å². The van der Waals surface area contributed by atoms with Crippen LogP contribution in [0.25, 0.3) is 0 Å². The summed E-state index contributed by atoms with van der Waals surface area (Å²) in [6.07, 6.45) is 0. The van der Waals surface area contributed by atoms with E-state index in [0.29, 0.717) is 15.4 Å². The Morgan fingerprint density at radius 3 is 2.57 bits per heavy atom. The molecule has 4 nitrogen and oxygen atoms in total. The highest BCUT2D eigenvalue weighted by Gasteiger charge is 2.19. The number of esters is 1. The molecule has 2 aromatic rings. The van der Waals surface area contributed by atoms with E-state index in [2.05, 4.69) is 26.0 Å². The third-order valence-electron chi connectivity index (χ3n) is 2.53. The quantitative estimate of drug-likeness (QED) is 0.829. The Morgan fingerprint density at radius 2 is 2.00 bits per heavy atom. The number of anilines is 1. The molecule has 0 atom stereocenters. The number of benzene rings is 1. The van der Waals surface area contributed by atoms with Crippen LogP contribution in [0.2, 0.25) is 0 Å². The molecule has 0 aliphatic carbocycles. The fourth-order valence-electron chi connectivity index (χ4n) is 1.55. The highest BCUT2D eigenvalue weighted by atomic mass is 79.9. The average molecular weight is 376 g/mol. The monoisotopic (exact) mass is 375 g/mol. The van der Waals surface area contributed by atoms with Gasteiger partial charge >= 0.3 is 5.97 Å². The standard InChI is InChI=1S/C13H8BrF2NO3S/c1-20-13(19)6-4-10(9(16)5-8(6)15)17-12(18)11-7(14)2-3-21-11/h2-5H,1H3,(H,17,18). The largest absolute Gasteiger partial charge is 0.465 e. The third kappa shape index (κ3) is 3.27. The summed E-state index contributed by atoms with van der Waals surface area (Å²) in [6, 6.07) is 3.09. The predicted molar refractivity (Wildman–Crippen MR) is 77.7 cm³/mol. The molecule has 0 saturated carbocycles. The number of amides is 1. The zero-order chi connectivity index (χ0) is 15.6. The van der Waals surface area contributed by atoms with Crippen molar-refractivity contribution in [2.24, 2.45) is 0 Å². The second-order valence-electron chi connectivity index (χ2n) is 3.86. The number of halogens is 3. The average Bonchev–Trinajstić information content (AvgIpc) is 2.87. The fourth-order valence-corrected chi connectivity index (χ4v) is 2.99. The Kier molecular flexibility index (Phi) is 4.69. The number of ether oxygens (including phenoxy) is 1. The first-order valence-corrected chi connectivity index (χ1v) is 7.23. The van der Waals surface area contributed by atoms with Crippen LogP contribution in [-0.4, -0.2) is 19.0 Å². The number of hydrogen-bond donors (Lipinski definition) is 1. The SMILES string of the molecule is COC(=O)c1cc(NC(=O)c2sccc2Br)c(F)cc1F. The molecule has 21 heavy (non-hydrogen) atoms. The smallest absolute Gasteiger partial charge is 0.340 e. The van der Waals surface area contributed by atoms with Gasteiger partial charge < -0.3 is 10.1 Å². The van der Waals surface area contributed by atoms with Crippen molar-refractivity contribution in [2.45, 2.75) is 0 Å². The van der Waals surface area contributed by atoms with Gasteiger partial charge in [0.25, 0.3) is 5.91 Å². The van der Waals surface area contributed by atoms with Crippen molar-refractivity contribution in [1.82, 2.24) is 0 Å². The van der Waals surface area contributed by atoms with E-state index in [1.54, 1.807) is 11.4 Å². The molecule has 0 fully saturated rings. The summed E-state index contributed by atoms with van der Waals surface area (Å²) in [5.74, 6) is -3.57. The van der Waals surface area contributed by atoms with Gasteiger partial charge in [-0.3, -0.25) is 4.79 Å². The van der Waals surface area contributed by atoms with Crippen molar-refractivity contribution in [1.29, 1.82) is 0 Å². The normalized spacial score (nSPS) is 10.3. The van der Waals surface area contributed by atoms with Crippen molar-refractivity contribution in [3.63, 3.8) is 0 Å². The van der Waals surface area contributed by atoms with Crippen molar-refractivity contribution < 1.29 is 23.1 Å². The van der Waals surface area contributed by atoms with Gasteiger partial charge in [0.2, 0.25) is 0 Å². The van der Waals surface area contributed by atoms with Gasteiger partial charge in [0, 0.05) is 10.5 Å². The first-order chi connectivity index (χ1) is 9.93. The zero-order valence-electron chi connectivity index (χ0n) is 10.6. The van der Waals surface area contributed by atoms with Gasteiger partial charge in [-0.25, -0.2) is 13.6 Å². The van der Waals surface area contributed by atoms with Crippen molar-refractivity contribution in [2.75, 3.05) is 12.4 Å². The molecule has 0 spiro atoms. The second kappa shape index (κ2) is 6.31. The minimum atomic E-state index is -1.06. The molecular formula is C13H8BrF2NO3S. The number of hydrogen-bond acceptors (Lipinski definition) is 4. The van der Waals surface area contributed by atoms with Gasteiger partial charge in [0.1, 0.15) is 16.5 Å². The molecule has 2 rings (SSSR count). The van der Waals surface area contributed by atoms with Gasteiger partial charge in [-0.1, -0.05) is 0 Å². The third-order valence-corrected chi connectivity index (χ3v) is 4.37. The van der Waals surface area contributed by atoms with Crippen LogP contribution in [0.4, 0.5) is 14.5 Å². The lowest BCUT2D eigenvalue weighted by atomic mass is 10.1. The van der Waals surface area contributed by atoms with Gasteiger partial charge in [-0.2, -0.15) is 0 Å². The highest BCUT2D eigenvalue weighted by Crippen LogP contribution is 2.25. The van der Waals surface area contributed by atoms with Crippen LogP contribution in [0.5, 0.6) is 0 Å². The molecule has 110 valence electrons. The van der Waals surface area contributed by atoms with E-state index in [1.165, 1.54) is 0 Å². The molecule has 0 aliphatic rings. The minimum absolute atomic E-state index is 0.304. The molecule has 1 heterocycles. The van der Waals surface area contributed by atoms with Crippen molar-refractivity contribution >= 4 is 44.8 Å². The first-order valence-electron chi connectivity index (χ1n) is 5.55. The van der Waals surface area contributed by atoms with Crippen molar-refractivity contribution in [3.05, 3.63) is 50.1 Å². The van der Waals surface area contributed by atoms with E-state index < -0.39 is 29.1 Å².